The molecule has 8 heavy (non-hydrogen) atoms. The first-order chi connectivity index (χ1) is 3.71. The minimum absolute atomic E-state index is 0.169. The van der Waals surface area contributed by atoms with Crippen molar-refractivity contribution in [2.24, 2.45) is 0 Å². The van der Waals surface area contributed by atoms with Crippen LogP contribution in [0.25, 0.3) is 0 Å². The summed E-state index contributed by atoms with van der Waals surface area (Å²) < 4.78 is 24.2. The van der Waals surface area contributed by atoms with Crippen molar-refractivity contribution < 1.29 is 8.78 Å². The van der Waals surface area contributed by atoms with Crippen molar-refractivity contribution in [3.8, 4) is 0 Å². The fourth-order valence-corrected chi connectivity index (χ4v) is 1.31. The van der Waals surface area contributed by atoms with Crippen LogP contribution in [0.4, 0.5) is 8.78 Å². The largest absolute Gasteiger partial charge is 0.310 e. The summed E-state index contributed by atoms with van der Waals surface area (Å²) in [5, 5.41) is 0.0885. The van der Waals surface area contributed by atoms with Crippen molar-refractivity contribution >= 4 is 11.8 Å². The van der Waals surface area contributed by atoms with Crippen LogP contribution in [-0.4, -0.2) is 24.1 Å². The third-order valence-corrected chi connectivity index (χ3v) is 1.90. The minimum atomic E-state index is -2.52. The smallest absolute Gasteiger partial charge is 0.306 e. The lowest BCUT2D eigenvalue weighted by atomic mass is 10.6. The number of halogens is 2. The molecule has 1 aliphatic rings. The molecule has 1 rings (SSSR count). The molecule has 0 saturated carbocycles. The molecule has 4 heteroatoms. The number of hydrogen-bond acceptors (Lipinski definition) is 2. The lowest BCUT2D eigenvalue weighted by molar-refractivity contribution is 0.101. The van der Waals surface area contributed by atoms with E-state index in [1.54, 1.807) is 0 Å². The Hall–Kier alpha value is 0.170. The van der Waals surface area contributed by atoms with Gasteiger partial charge in [0.25, 0.3) is 0 Å². The van der Waals surface area contributed by atoms with Gasteiger partial charge in [0.2, 0.25) is 0 Å². The summed E-state index contributed by atoms with van der Waals surface area (Å²) in [7, 11) is 0. The summed E-state index contributed by atoms with van der Waals surface area (Å²) >= 11 is 0.725. The van der Waals surface area contributed by atoms with Crippen LogP contribution in [-0.2, 0) is 0 Å². The third-order valence-electron chi connectivity index (χ3n) is 0.923. The van der Waals surface area contributed by atoms with E-state index in [0.717, 1.165) is 11.8 Å². The molecular weight excluding hydrogens is 132 g/mol. The maximum absolute atomic E-state index is 12.1. The van der Waals surface area contributed by atoms with Crippen molar-refractivity contribution in [1.29, 1.82) is 0 Å². The second kappa shape index (κ2) is 2.19. The Bertz CT molecular complexity index is 78.1. The van der Waals surface area contributed by atoms with Gasteiger partial charge in [0.15, 0.2) is 0 Å². The van der Waals surface area contributed by atoms with Gasteiger partial charge in [0, 0.05) is 12.3 Å². The SMILES string of the molecule is FC1(F)CNCCS1. The minimum Gasteiger partial charge on any atom is -0.310 e. The summed E-state index contributed by atoms with van der Waals surface area (Å²) in [4.78, 5) is 0. The topological polar surface area (TPSA) is 12.0 Å². The van der Waals surface area contributed by atoms with Crippen molar-refractivity contribution in [2.45, 2.75) is 5.25 Å². The molecule has 0 aromatic rings. The van der Waals surface area contributed by atoms with Gasteiger partial charge in [0.1, 0.15) is 0 Å². The van der Waals surface area contributed by atoms with Crippen LogP contribution >= 0.6 is 11.8 Å². The molecule has 0 aromatic carbocycles. The van der Waals surface area contributed by atoms with Crippen LogP contribution in [0, 0.1) is 0 Å². The van der Waals surface area contributed by atoms with Gasteiger partial charge >= 0.3 is 5.25 Å². The van der Waals surface area contributed by atoms with Crippen LogP contribution < -0.4 is 5.32 Å². The van der Waals surface area contributed by atoms with E-state index < -0.39 is 5.25 Å². The van der Waals surface area contributed by atoms with Crippen LogP contribution in [0.15, 0.2) is 0 Å². The predicted molar refractivity (Wildman–Crippen MR) is 30.3 cm³/mol. The lowest BCUT2D eigenvalue weighted by Crippen LogP contribution is -2.37. The molecule has 1 aliphatic heterocycles. The lowest BCUT2D eigenvalue weighted by Gasteiger charge is -2.20. The molecule has 0 aliphatic carbocycles. The zero-order valence-electron chi connectivity index (χ0n) is 4.29. The molecule has 0 bridgehead atoms. The van der Waals surface area contributed by atoms with Crippen molar-refractivity contribution in [3.63, 3.8) is 0 Å². The van der Waals surface area contributed by atoms with Gasteiger partial charge < -0.3 is 5.32 Å². The van der Waals surface area contributed by atoms with Crippen molar-refractivity contribution in [2.75, 3.05) is 18.8 Å². The quantitative estimate of drug-likeness (QED) is 0.535. The molecule has 1 fully saturated rings. The highest BCUT2D eigenvalue weighted by Gasteiger charge is 2.31. The van der Waals surface area contributed by atoms with Gasteiger partial charge in [-0.2, -0.15) is 8.78 Å². The molecule has 1 heterocycles. The Morgan fingerprint density at radius 1 is 1.50 bits per heavy atom. The summed E-state index contributed by atoms with van der Waals surface area (Å²) in [6.45, 7) is 0.540. The highest BCUT2D eigenvalue weighted by molar-refractivity contribution is 8.00. The second-order valence-electron chi connectivity index (χ2n) is 1.66. The monoisotopic (exact) mass is 139 g/mol. The van der Waals surface area contributed by atoms with E-state index in [9.17, 15) is 8.78 Å². The van der Waals surface area contributed by atoms with Gasteiger partial charge in [-0.15, -0.1) is 0 Å². The molecule has 0 spiro atoms. The molecule has 1 nitrogen and oxygen atoms in total. The average molecular weight is 139 g/mol. The van der Waals surface area contributed by atoms with E-state index in [0.29, 0.717) is 12.3 Å². The maximum atomic E-state index is 12.1. The fourth-order valence-electron chi connectivity index (χ4n) is 0.557. The zero-order valence-corrected chi connectivity index (χ0v) is 5.10. The van der Waals surface area contributed by atoms with E-state index in [1.165, 1.54) is 0 Å². The van der Waals surface area contributed by atoms with Crippen LogP contribution in [0.3, 0.4) is 0 Å². The Morgan fingerprint density at radius 2 is 2.25 bits per heavy atom. The summed E-state index contributed by atoms with van der Waals surface area (Å²) in [5.74, 6) is 0.521. The van der Waals surface area contributed by atoms with E-state index in [-0.39, 0.29) is 6.54 Å². The fraction of sp³-hybridized carbons (Fsp3) is 1.00. The number of nitrogens with one attached hydrogen (secondary N) is 1. The predicted octanol–water partition coefficient (Wildman–Crippen LogP) is 0.916. The number of thioether (sulfide) groups is 1. The van der Waals surface area contributed by atoms with Crippen LogP contribution in [0.5, 0.6) is 0 Å². The Kier molecular flexibility index (Phi) is 1.72. The molecule has 0 radical (unpaired) electrons. The summed E-state index contributed by atoms with van der Waals surface area (Å²) in [6, 6.07) is 0. The second-order valence-corrected chi connectivity index (χ2v) is 2.96. The third kappa shape index (κ3) is 1.59. The molecule has 1 saturated heterocycles. The Balaban J connectivity index is 2.33. The zero-order chi connectivity index (χ0) is 6.04. The molecule has 0 aromatic heterocycles. The average Bonchev–Trinajstić information content (AvgIpc) is 1.65. The summed E-state index contributed by atoms with van der Waals surface area (Å²) in [6.07, 6.45) is 0. The Morgan fingerprint density at radius 3 is 2.50 bits per heavy atom. The van der Waals surface area contributed by atoms with Gasteiger partial charge in [0.05, 0.1) is 6.54 Å². The summed E-state index contributed by atoms with van der Waals surface area (Å²) in [5.41, 5.74) is 0. The van der Waals surface area contributed by atoms with Gasteiger partial charge in [-0.3, -0.25) is 0 Å². The van der Waals surface area contributed by atoms with Crippen LogP contribution in [0.1, 0.15) is 0 Å². The number of hydrogen-bond donors (Lipinski definition) is 1. The van der Waals surface area contributed by atoms with Gasteiger partial charge in [-0.05, 0) is 0 Å². The number of alkyl halides is 2. The van der Waals surface area contributed by atoms with Crippen LogP contribution in [0.2, 0.25) is 0 Å². The maximum Gasteiger partial charge on any atom is 0.306 e. The standard InChI is InChI=1S/C4H7F2NS/c5-4(6)3-7-1-2-8-4/h7H,1-3H2. The normalized spacial score (nSPS) is 27.8. The van der Waals surface area contributed by atoms with E-state index >= 15 is 0 Å². The molecular formula is C4H7F2NS. The highest BCUT2D eigenvalue weighted by Crippen LogP contribution is 2.29. The number of rotatable bonds is 0. The first-order valence-electron chi connectivity index (χ1n) is 2.43. The van der Waals surface area contributed by atoms with Crippen molar-refractivity contribution in [1.82, 2.24) is 5.32 Å². The molecule has 48 valence electrons. The molecule has 0 amide bonds. The first-order valence-corrected chi connectivity index (χ1v) is 3.42. The Labute approximate surface area is 50.8 Å². The highest BCUT2D eigenvalue weighted by atomic mass is 32.2. The molecule has 0 unspecified atom stereocenters. The van der Waals surface area contributed by atoms with Gasteiger partial charge in [-0.25, -0.2) is 0 Å². The first kappa shape index (κ1) is 6.29. The molecule has 1 N–H and O–H groups in total. The van der Waals surface area contributed by atoms with E-state index in [4.69, 9.17) is 0 Å². The van der Waals surface area contributed by atoms with E-state index in [2.05, 4.69) is 5.32 Å². The molecule has 0 atom stereocenters. The van der Waals surface area contributed by atoms with E-state index in [1.807, 2.05) is 0 Å². The van der Waals surface area contributed by atoms with Crippen molar-refractivity contribution in [3.05, 3.63) is 0 Å². The van der Waals surface area contributed by atoms with Gasteiger partial charge in [-0.1, -0.05) is 11.8 Å².